The van der Waals surface area contributed by atoms with Gasteiger partial charge < -0.3 is 15.2 Å². The zero-order valence-electron chi connectivity index (χ0n) is 12.9. The maximum absolute atomic E-state index is 11.9. The van der Waals surface area contributed by atoms with Gasteiger partial charge in [-0.2, -0.15) is 0 Å². The number of amides is 1. The highest BCUT2D eigenvalue weighted by molar-refractivity contribution is 5.94. The summed E-state index contributed by atoms with van der Waals surface area (Å²) in [6.07, 6.45) is 3.05. The summed E-state index contributed by atoms with van der Waals surface area (Å²) in [5.41, 5.74) is 1.38. The fraction of sp³-hybridized carbons (Fsp3) is 0.529. The van der Waals surface area contributed by atoms with Crippen LogP contribution in [0.5, 0.6) is 0 Å². The Morgan fingerprint density at radius 1 is 1.32 bits per heavy atom. The minimum Gasteiger partial charge on any atom is -0.466 e. The number of hydrogen-bond acceptors (Lipinski definition) is 4. The number of nitrogens with one attached hydrogen (secondary N) is 1. The van der Waals surface area contributed by atoms with Crippen molar-refractivity contribution < 1.29 is 19.4 Å². The third-order valence-corrected chi connectivity index (χ3v) is 4.03. The van der Waals surface area contributed by atoms with Crippen LogP contribution in [0.3, 0.4) is 0 Å². The third-order valence-electron chi connectivity index (χ3n) is 4.03. The molecule has 5 nitrogen and oxygen atoms in total. The highest BCUT2D eigenvalue weighted by atomic mass is 16.5. The first-order chi connectivity index (χ1) is 10.6. The molecule has 2 rings (SSSR count). The molecule has 0 aromatic heterocycles. The summed E-state index contributed by atoms with van der Waals surface area (Å²) >= 11 is 0. The Morgan fingerprint density at radius 2 is 2.00 bits per heavy atom. The van der Waals surface area contributed by atoms with Crippen LogP contribution in [0.1, 0.15) is 54.6 Å². The van der Waals surface area contributed by atoms with Crippen molar-refractivity contribution in [2.45, 2.75) is 38.7 Å². The first-order valence-corrected chi connectivity index (χ1v) is 7.83. The average Bonchev–Trinajstić information content (AvgIpc) is 2.45. The Morgan fingerprint density at radius 3 is 2.55 bits per heavy atom. The third kappa shape index (κ3) is 4.31. The van der Waals surface area contributed by atoms with Crippen LogP contribution < -0.4 is 5.32 Å². The SMILES string of the molecule is CCOC(=O)CCNC(=O)c1ccc([C@H](O)C2CCC2)cc1. The van der Waals surface area contributed by atoms with Gasteiger partial charge >= 0.3 is 5.97 Å². The van der Waals surface area contributed by atoms with Crippen molar-refractivity contribution in [1.29, 1.82) is 0 Å². The summed E-state index contributed by atoms with van der Waals surface area (Å²) in [5.74, 6) is -0.194. The minimum atomic E-state index is -0.435. The van der Waals surface area contributed by atoms with E-state index in [4.69, 9.17) is 4.74 Å². The first-order valence-electron chi connectivity index (χ1n) is 7.83. The summed E-state index contributed by atoms with van der Waals surface area (Å²) in [5, 5.41) is 12.9. The van der Waals surface area contributed by atoms with Crippen LogP contribution in [0.2, 0.25) is 0 Å². The van der Waals surface area contributed by atoms with Crippen molar-refractivity contribution in [1.82, 2.24) is 5.32 Å². The van der Waals surface area contributed by atoms with Gasteiger partial charge in [0.15, 0.2) is 0 Å². The van der Waals surface area contributed by atoms with Gasteiger partial charge in [0.05, 0.1) is 19.1 Å². The van der Waals surface area contributed by atoms with Crippen LogP contribution in [-0.2, 0) is 9.53 Å². The average molecular weight is 305 g/mol. The number of aliphatic hydroxyl groups excluding tert-OH is 1. The van der Waals surface area contributed by atoms with E-state index in [1.54, 1.807) is 31.2 Å². The number of carbonyl (C=O) groups is 2. The monoisotopic (exact) mass is 305 g/mol. The second-order valence-electron chi connectivity index (χ2n) is 5.57. The zero-order valence-corrected chi connectivity index (χ0v) is 12.9. The summed E-state index contributed by atoms with van der Waals surface area (Å²) in [6.45, 7) is 2.34. The smallest absolute Gasteiger partial charge is 0.307 e. The molecule has 22 heavy (non-hydrogen) atoms. The van der Waals surface area contributed by atoms with E-state index in [0.29, 0.717) is 18.1 Å². The van der Waals surface area contributed by atoms with E-state index in [0.717, 1.165) is 18.4 Å². The number of hydrogen-bond donors (Lipinski definition) is 2. The molecule has 0 radical (unpaired) electrons. The zero-order chi connectivity index (χ0) is 15.9. The molecule has 120 valence electrons. The van der Waals surface area contributed by atoms with Crippen LogP contribution in [0.4, 0.5) is 0 Å². The summed E-state index contributed by atoms with van der Waals surface area (Å²) in [7, 11) is 0. The van der Waals surface area contributed by atoms with Gasteiger partial charge in [0, 0.05) is 12.1 Å². The topological polar surface area (TPSA) is 75.6 Å². The maximum Gasteiger partial charge on any atom is 0.307 e. The number of carbonyl (C=O) groups excluding carboxylic acids is 2. The van der Waals surface area contributed by atoms with Crippen LogP contribution >= 0.6 is 0 Å². The van der Waals surface area contributed by atoms with E-state index in [2.05, 4.69) is 5.32 Å². The van der Waals surface area contributed by atoms with Gasteiger partial charge in [-0.25, -0.2) is 0 Å². The molecule has 1 aliphatic rings. The van der Waals surface area contributed by atoms with E-state index >= 15 is 0 Å². The highest BCUT2D eigenvalue weighted by Crippen LogP contribution is 2.37. The van der Waals surface area contributed by atoms with Crippen molar-refractivity contribution in [3.8, 4) is 0 Å². The summed E-state index contributed by atoms with van der Waals surface area (Å²) < 4.78 is 4.79. The van der Waals surface area contributed by atoms with E-state index in [1.807, 2.05) is 0 Å². The molecule has 1 atom stereocenters. The molecule has 0 aliphatic heterocycles. The molecular formula is C17H23NO4. The van der Waals surface area contributed by atoms with Crippen LogP contribution in [-0.4, -0.2) is 30.1 Å². The normalized spacial score (nSPS) is 15.7. The Kier molecular flexibility index (Phi) is 5.95. The number of rotatable bonds is 7. The minimum absolute atomic E-state index is 0.165. The quantitative estimate of drug-likeness (QED) is 0.757. The molecule has 5 heteroatoms. The fourth-order valence-corrected chi connectivity index (χ4v) is 2.47. The summed E-state index contributed by atoms with van der Waals surface area (Å²) in [4.78, 5) is 23.1. The predicted molar refractivity (Wildman–Crippen MR) is 82.3 cm³/mol. The Labute approximate surface area is 130 Å². The van der Waals surface area contributed by atoms with E-state index in [9.17, 15) is 14.7 Å². The van der Waals surface area contributed by atoms with Crippen molar-refractivity contribution in [3.05, 3.63) is 35.4 Å². The second-order valence-corrected chi connectivity index (χ2v) is 5.57. The molecule has 1 fully saturated rings. The summed E-state index contributed by atoms with van der Waals surface area (Å²) in [6, 6.07) is 7.00. The molecule has 0 unspecified atom stereocenters. The van der Waals surface area contributed by atoms with Crippen molar-refractivity contribution in [3.63, 3.8) is 0 Å². The van der Waals surface area contributed by atoms with Crippen molar-refractivity contribution >= 4 is 11.9 Å². The molecule has 0 spiro atoms. The van der Waals surface area contributed by atoms with Crippen molar-refractivity contribution in [2.24, 2.45) is 5.92 Å². The Bertz CT molecular complexity index is 508. The predicted octanol–water partition coefficient (Wildman–Crippen LogP) is 2.20. The standard InChI is InChI=1S/C17H23NO4/c1-2-22-15(19)10-11-18-17(21)14-8-6-13(7-9-14)16(20)12-4-3-5-12/h6-9,12,16,20H,2-5,10-11H2,1H3,(H,18,21)/t16-/m1/s1. The lowest BCUT2D eigenvalue weighted by atomic mass is 9.79. The van der Waals surface area contributed by atoms with Gasteiger partial charge in [-0.05, 0) is 43.4 Å². The van der Waals surface area contributed by atoms with E-state index in [1.165, 1.54) is 6.42 Å². The van der Waals surface area contributed by atoms with Gasteiger partial charge in [-0.3, -0.25) is 9.59 Å². The molecule has 1 saturated carbocycles. The molecule has 2 N–H and O–H groups in total. The van der Waals surface area contributed by atoms with Crippen LogP contribution in [0.15, 0.2) is 24.3 Å². The lowest BCUT2D eigenvalue weighted by Gasteiger charge is -2.30. The lowest BCUT2D eigenvalue weighted by molar-refractivity contribution is -0.142. The maximum atomic E-state index is 11.9. The Hall–Kier alpha value is -1.88. The van der Waals surface area contributed by atoms with Gasteiger partial charge in [0.1, 0.15) is 0 Å². The van der Waals surface area contributed by atoms with E-state index < -0.39 is 6.10 Å². The van der Waals surface area contributed by atoms with Gasteiger partial charge in [-0.15, -0.1) is 0 Å². The molecule has 1 aliphatic carbocycles. The number of benzene rings is 1. The largest absolute Gasteiger partial charge is 0.466 e. The molecule has 0 bridgehead atoms. The fourth-order valence-electron chi connectivity index (χ4n) is 2.47. The molecule has 0 heterocycles. The number of esters is 1. The molecule has 1 amide bonds. The lowest BCUT2D eigenvalue weighted by Crippen LogP contribution is -2.26. The second kappa shape index (κ2) is 7.94. The van der Waals surface area contributed by atoms with Gasteiger partial charge in [-0.1, -0.05) is 18.6 Å². The van der Waals surface area contributed by atoms with Gasteiger partial charge in [0.2, 0.25) is 0 Å². The Balaban J connectivity index is 1.81. The van der Waals surface area contributed by atoms with Gasteiger partial charge in [0.25, 0.3) is 5.91 Å². The van der Waals surface area contributed by atoms with Crippen LogP contribution in [0.25, 0.3) is 0 Å². The highest BCUT2D eigenvalue weighted by Gasteiger charge is 2.26. The first kappa shape index (κ1) is 16.5. The number of aliphatic hydroxyl groups is 1. The van der Waals surface area contributed by atoms with Crippen molar-refractivity contribution in [2.75, 3.05) is 13.2 Å². The van der Waals surface area contributed by atoms with Crippen LogP contribution in [0, 0.1) is 5.92 Å². The van der Waals surface area contributed by atoms with E-state index in [-0.39, 0.29) is 24.8 Å². The number of ether oxygens (including phenoxy) is 1. The molecular weight excluding hydrogens is 282 g/mol. The molecule has 0 saturated heterocycles. The molecule has 1 aromatic carbocycles. The molecule has 1 aromatic rings.